The Balaban J connectivity index is 1.20. The summed E-state index contributed by atoms with van der Waals surface area (Å²) in [5, 5.41) is 4.86. The lowest BCUT2D eigenvalue weighted by Gasteiger charge is -2.03. The van der Waals surface area contributed by atoms with Gasteiger partial charge in [0.1, 0.15) is 10.7 Å². The number of thiazole rings is 1. The van der Waals surface area contributed by atoms with Gasteiger partial charge in [0.05, 0.1) is 5.39 Å². The van der Waals surface area contributed by atoms with Gasteiger partial charge in [-0.3, -0.25) is 9.59 Å². The largest absolute Gasteiger partial charge is 0.310 e. The number of aromatic nitrogens is 3. The molecule has 158 valence electrons. The predicted octanol–water partition coefficient (Wildman–Crippen LogP) is 4.75. The Kier molecular flexibility index (Phi) is 5.60. The zero-order valence-corrected chi connectivity index (χ0v) is 18.9. The highest BCUT2D eigenvalue weighted by molar-refractivity contribution is 7.18. The number of H-pyrrole nitrogens is 1. The molecule has 5 rings (SSSR count). The number of thiophene rings is 1. The number of anilines is 1. The van der Waals surface area contributed by atoms with E-state index in [2.05, 4.69) is 20.3 Å². The monoisotopic (exact) mass is 470 g/mol. The Bertz CT molecular complexity index is 1320. The first-order chi connectivity index (χ1) is 15.0. The first kappa shape index (κ1) is 20.4. The molecule has 9 heteroatoms. The first-order valence-corrected chi connectivity index (χ1v) is 12.1. The molecule has 0 bridgehead atoms. The van der Waals surface area contributed by atoms with E-state index in [1.54, 1.807) is 17.5 Å². The second kappa shape index (κ2) is 8.53. The summed E-state index contributed by atoms with van der Waals surface area (Å²) in [6.45, 7) is 0. The topological polar surface area (TPSA) is 87.7 Å². The lowest BCUT2D eigenvalue weighted by Crippen LogP contribution is -2.16. The lowest BCUT2D eigenvalue weighted by molar-refractivity contribution is -0.116. The van der Waals surface area contributed by atoms with Crippen LogP contribution in [0.4, 0.5) is 5.13 Å². The fourth-order valence-corrected chi connectivity index (χ4v) is 6.10. The molecule has 0 aliphatic heterocycles. The molecule has 1 amide bonds. The molecular weight excluding hydrogens is 452 g/mol. The average Bonchev–Trinajstić information content (AvgIpc) is 3.44. The van der Waals surface area contributed by atoms with Gasteiger partial charge in [0.25, 0.3) is 5.56 Å². The summed E-state index contributed by atoms with van der Waals surface area (Å²) >= 11 is 8.98. The number of rotatable bonds is 6. The fraction of sp³-hybridized carbons (Fsp3) is 0.273. The average molecular weight is 471 g/mol. The van der Waals surface area contributed by atoms with Crippen molar-refractivity contribution in [2.24, 2.45) is 0 Å². The van der Waals surface area contributed by atoms with Crippen molar-refractivity contribution in [3.8, 4) is 0 Å². The van der Waals surface area contributed by atoms with E-state index in [1.165, 1.54) is 16.2 Å². The minimum atomic E-state index is -0.149. The number of hydrogen-bond acceptors (Lipinski definition) is 6. The summed E-state index contributed by atoms with van der Waals surface area (Å²) < 4.78 is 0. The lowest BCUT2D eigenvalue weighted by atomic mass is 10.1. The molecule has 0 spiro atoms. The molecule has 4 aromatic rings. The van der Waals surface area contributed by atoms with Gasteiger partial charge in [-0.15, -0.1) is 22.7 Å². The SMILES string of the molecule is O=C(CCc1nc2sc3c(c2c(=O)[nH]1)CCC3)Nc1ncc(Cc2ccc(Cl)cc2)s1. The van der Waals surface area contributed by atoms with E-state index < -0.39 is 0 Å². The number of halogens is 1. The van der Waals surface area contributed by atoms with E-state index >= 15 is 0 Å². The van der Waals surface area contributed by atoms with Gasteiger partial charge >= 0.3 is 0 Å². The number of benzene rings is 1. The molecule has 0 radical (unpaired) electrons. The first-order valence-electron chi connectivity index (χ1n) is 10.1. The van der Waals surface area contributed by atoms with E-state index in [-0.39, 0.29) is 17.9 Å². The van der Waals surface area contributed by atoms with Crippen LogP contribution in [0.2, 0.25) is 5.02 Å². The van der Waals surface area contributed by atoms with Crippen LogP contribution in [0.3, 0.4) is 0 Å². The molecule has 2 N–H and O–H groups in total. The minimum absolute atomic E-state index is 0.0911. The van der Waals surface area contributed by atoms with Gasteiger partial charge in [-0.05, 0) is 42.5 Å². The number of hydrogen-bond donors (Lipinski definition) is 2. The second-order valence-corrected chi connectivity index (χ2v) is 10.2. The van der Waals surface area contributed by atoms with Crippen LogP contribution in [0.25, 0.3) is 10.2 Å². The van der Waals surface area contributed by atoms with Crippen molar-refractivity contribution in [2.75, 3.05) is 5.32 Å². The van der Waals surface area contributed by atoms with Crippen molar-refractivity contribution in [3.63, 3.8) is 0 Å². The summed E-state index contributed by atoms with van der Waals surface area (Å²) in [5.74, 6) is 0.402. The number of aryl methyl sites for hydroxylation is 3. The molecule has 0 unspecified atom stereocenters. The predicted molar refractivity (Wildman–Crippen MR) is 126 cm³/mol. The van der Waals surface area contributed by atoms with Crippen molar-refractivity contribution >= 4 is 55.5 Å². The summed E-state index contributed by atoms with van der Waals surface area (Å²) in [4.78, 5) is 39.8. The van der Waals surface area contributed by atoms with Crippen LogP contribution in [0.5, 0.6) is 0 Å². The third-order valence-corrected chi connectivity index (χ3v) is 7.65. The Morgan fingerprint density at radius 1 is 1.19 bits per heavy atom. The highest BCUT2D eigenvalue weighted by atomic mass is 35.5. The standard InChI is InChI=1S/C22H19ClN4O2S2/c23-13-6-4-12(5-7-13)10-14-11-24-22(30-14)27-18(28)9-8-17-25-20(29)19-15-2-1-3-16(15)31-21(19)26-17/h4-7,11H,1-3,8-10H2,(H,24,27,28)(H,25,26,29). The Morgan fingerprint density at radius 3 is 2.87 bits per heavy atom. The minimum Gasteiger partial charge on any atom is -0.310 e. The fourth-order valence-electron chi connectivity index (χ4n) is 3.83. The molecule has 0 saturated carbocycles. The maximum absolute atomic E-state index is 12.5. The van der Waals surface area contributed by atoms with Gasteiger partial charge in [0, 0.05) is 40.2 Å². The van der Waals surface area contributed by atoms with E-state index in [9.17, 15) is 9.59 Å². The zero-order chi connectivity index (χ0) is 21.4. The third kappa shape index (κ3) is 4.42. The van der Waals surface area contributed by atoms with Crippen LogP contribution < -0.4 is 10.9 Å². The van der Waals surface area contributed by atoms with Crippen LogP contribution in [-0.2, 0) is 30.5 Å². The Morgan fingerprint density at radius 2 is 2.03 bits per heavy atom. The molecule has 6 nitrogen and oxygen atoms in total. The summed E-state index contributed by atoms with van der Waals surface area (Å²) in [6.07, 6.45) is 6.21. The molecule has 1 aliphatic rings. The number of fused-ring (bicyclic) bond motifs is 3. The van der Waals surface area contributed by atoms with E-state index in [4.69, 9.17) is 11.6 Å². The quantitative estimate of drug-likeness (QED) is 0.426. The van der Waals surface area contributed by atoms with E-state index in [1.807, 2.05) is 24.3 Å². The Labute approximate surface area is 191 Å². The number of amides is 1. The van der Waals surface area contributed by atoms with Gasteiger partial charge in [0.2, 0.25) is 5.91 Å². The van der Waals surface area contributed by atoms with Crippen LogP contribution in [-0.4, -0.2) is 20.9 Å². The van der Waals surface area contributed by atoms with Crippen LogP contribution in [0, 0.1) is 0 Å². The molecule has 3 heterocycles. The van der Waals surface area contributed by atoms with Gasteiger partial charge in [-0.2, -0.15) is 0 Å². The van der Waals surface area contributed by atoms with Gasteiger partial charge in [0.15, 0.2) is 5.13 Å². The number of carbonyl (C=O) groups excluding carboxylic acids is 1. The molecular formula is C22H19ClN4O2S2. The molecule has 3 aromatic heterocycles. The summed E-state index contributed by atoms with van der Waals surface area (Å²) in [5.41, 5.74) is 2.21. The third-order valence-electron chi connectivity index (χ3n) is 5.30. The normalized spacial score (nSPS) is 12.9. The zero-order valence-electron chi connectivity index (χ0n) is 16.5. The van der Waals surface area contributed by atoms with Crippen molar-refractivity contribution in [3.05, 3.63) is 72.5 Å². The number of nitrogens with one attached hydrogen (secondary N) is 2. The van der Waals surface area contributed by atoms with Crippen LogP contribution in [0.1, 0.15) is 39.5 Å². The maximum atomic E-state index is 12.5. The van der Waals surface area contributed by atoms with Crippen molar-refractivity contribution < 1.29 is 4.79 Å². The number of aromatic amines is 1. The number of nitrogens with zero attached hydrogens (tertiary/aromatic N) is 2. The van der Waals surface area contributed by atoms with Gasteiger partial charge < -0.3 is 10.3 Å². The maximum Gasteiger partial charge on any atom is 0.259 e. The van der Waals surface area contributed by atoms with Crippen LogP contribution in [0.15, 0.2) is 35.3 Å². The molecule has 1 aromatic carbocycles. The molecule has 0 saturated heterocycles. The molecule has 0 atom stereocenters. The highest BCUT2D eigenvalue weighted by Gasteiger charge is 2.21. The van der Waals surface area contributed by atoms with Crippen molar-refractivity contribution in [1.29, 1.82) is 0 Å². The van der Waals surface area contributed by atoms with E-state index in [0.29, 0.717) is 22.4 Å². The van der Waals surface area contributed by atoms with E-state index in [0.717, 1.165) is 51.9 Å². The molecule has 31 heavy (non-hydrogen) atoms. The van der Waals surface area contributed by atoms with Gasteiger partial charge in [-0.1, -0.05) is 23.7 Å². The summed E-state index contributed by atoms with van der Waals surface area (Å²) in [6, 6.07) is 7.68. The van der Waals surface area contributed by atoms with Crippen molar-refractivity contribution in [2.45, 2.75) is 38.5 Å². The molecule has 1 aliphatic carbocycles. The van der Waals surface area contributed by atoms with Gasteiger partial charge in [-0.25, -0.2) is 9.97 Å². The molecule has 0 fully saturated rings. The summed E-state index contributed by atoms with van der Waals surface area (Å²) in [7, 11) is 0. The smallest absolute Gasteiger partial charge is 0.259 e. The number of carbonyl (C=O) groups is 1. The Hall–Kier alpha value is -2.55. The highest BCUT2D eigenvalue weighted by Crippen LogP contribution is 2.34. The second-order valence-electron chi connectivity index (χ2n) is 7.53. The van der Waals surface area contributed by atoms with Crippen LogP contribution >= 0.6 is 34.3 Å². The van der Waals surface area contributed by atoms with Crippen molar-refractivity contribution in [1.82, 2.24) is 15.0 Å².